The van der Waals surface area contributed by atoms with Crippen molar-refractivity contribution < 1.29 is 4.79 Å². The SMILES string of the molecule is Cc1ccc(C(=O)c2sc3nc4c(c(-c5ccccc5Cl)c3c2N)CN(C)CC4)cc1. The largest absolute Gasteiger partial charge is 0.397 e. The monoisotopic (exact) mass is 447 g/mol. The van der Waals surface area contributed by atoms with Crippen LogP contribution in [0.1, 0.15) is 32.1 Å². The van der Waals surface area contributed by atoms with Crippen LogP contribution >= 0.6 is 22.9 Å². The molecular formula is C25H22ClN3OS. The van der Waals surface area contributed by atoms with Gasteiger partial charge in [-0.05, 0) is 25.6 Å². The number of nitrogen functional groups attached to an aromatic ring is 1. The summed E-state index contributed by atoms with van der Waals surface area (Å²) >= 11 is 8.01. The van der Waals surface area contributed by atoms with E-state index in [1.54, 1.807) is 0 Å². The van der Waals surface area contributed by atoms with Gasteiger partial charge in [0.2, 0.25) is 5.78 Å². The van der Waals surface area contributed by atoms with Gasteiger partial charge in [0.15, 0.2) is 0 Å². The zero-order chi connectivity index (χ0) is 21.7. The normalized spacial score (nSPS) is 14.0. The molecule has 0 unspecified atom stereocenters. The van der Waals surface area contributed by atoms with E-state index in [1.807, 2.05) is 55.5 Å². The molecule has 31 heavy (non-hydrogen) atoms. The van der Waals surface area contributed by atoms with Crippen molar-refractivity contribution in [2.75, 3.05) is 19.3 Å². The van der Waals surface area contributed by atoms with Crippen molar-refractivity contribution in [3.05, 3.63) is 80.8 Å². The highest BCUT2D eigenvalue weighted by Crippen LogP contribution is 2.45. The molecule has 0 bridgehead atoms. The number of anilines is 1. The van der Waals surface area contributed by atoms with E-state index < -0.39 is 0 Å². The molecule has 0 radical (unpaired) electrons. The highest BCUT2D eigenvalue weighted by Gasteiger charge is 2.28. The minimum Gasteiger partial charge on any atom is -0.397 e. The zero-order valence-corrected chi connectivity index (χ0v) is 19.0. The summed E-state index contributed by atoms with van der Waals surface area (Å²) in [5, 5.41) is 1.50. The van der Waals surface area contributed by atoms with Crippen molar-refractivity contribution in [2.45, 2.75) is 19.9 Å². The summed E-state index contributed by atoms with van der Waals surface area (Å²) in [5.41, 5.74) is 13.0. The van der Waals surface area contributed by atoms with Gasteiger partial charge in [0.05, 0.1) is 5.69 Å². The molecule has 156 valence electrons. The lowest BCUT2D eigenvalue weighted by Crippen LogP contribution is -2.28. The Morgan fingerprint density at radius 2 is 1.90 bits per heavy atom. The second-order valence-electron chi connectivity index (χ2n) is 8.10. The van der Waals surface area contributed by atoms with Crippen molar-refractivity contribution in [1.82, 2.24) is 9.88 Å². The summed E-state index contributed by atoms with van der Waals surface area (Å²) in [5.74, 6) is -0.0688. The number of halogens is 1. The molecule has 0 fully saturated rings. The van der Waals surface area contributed by atoms with Gasteiger partial charge in [-0.25, -0.2) is 4.98 Å². The standard InChI is InChI=1S/C25H22ClN3OS/c1-14-7-9-15(10-8-14)23(30)24-22(27)21-20(16-5-3-4-6-18(16)26)17-13-29(2)12-11-19(17)28-25(21)31-24/h3-10H,11-13,27H2,1-2H3. The van der Waals surface area contributed by atoms with Crippen LogP contribution in [0.25, 0.3) is 21.3 Å². The van der Waals surface area contributed by atoms with Crippen LogP contribution in [0.4, 0.5) is 5.69 Å². The Balaban J connectivity index is 1.79. The first-order chi connectivity index (χ1) is 14.9. The smallest absolute Gasteiger partial charge is 0.205 e. The molecule has 0 spiro atoms. The van der Waals surface area contributed by atoms with E-state index in [-0.39, 0.29) is 5.78 Å². The van der Waals surface area contributed by atoms with Crippen LogP contribution in [-0.4, -0.2) is 29.3 Å². The second kappa shape index (κ2) is 7.75. The second-order valence-corrected chi connectivity index (χ2v) is 9.51. The fourth-order valence-corrected chi connectivity index (χ4v) is 5.54. The van der Waals surface area contributed by atoms with Gasteiger partial charge in [-0.3, -0.25) is 4.79 Å². The van der Waals surface area contributed by atoms with E-state index in [4.69, 9.17) is 22.3 Å². The number of thiophene rings is 1. The number of carbonyl (C=O) groups excluding carboxylic acids is 1. The van der Waals surface area contributed by atoms with Crippen molar-refractivity contribution in [3.8, 4) is 11.1 Å². The molecule has 2 aromatic carbocycles. The molecule has 6 heteroatoms. The molecular weight excluding hydrogens is 426 g/mol. The van der Waals surface area contributed by atoms with Crippen molar-refractivity contribution in [1.29, 1.82) is 0 Å². The average Bonchev–Trinajstić information content (AvgIpc) is 3.09. The maximum Gasteiger partial charge on any atom is 0.205 e. The molecule has 0 saturated carbocycles. The predicted octanol–water partition coefficient (Wildman–Crippen LogP) is 5.73. The molecule has 2 aromatic heterocycles. The van der Waals surface area contributed by atoms with Gasteiger partial charge < -0.3 is 10.6 Å². The van der Waals surface area contributed by atoms with Crippen LogP contribution < -0.4 is 5.73 Å². The summed E-state index contributed by atoms with van der Waals surface area (Å²) in [6.07, 6.45) is 0.859. The number of nitrogens with zero attached hydrogens (tertiary/aromatic N) is 2. The van der Waals surface area contributed by atoms with Crippen LogP contribution in [0.3, 0.4) is 0 Å². The number of rotatable bonds is 3. The van der Waals surface area contributed by atoms with E-state index in [0.29, 0.717) is 21.2 Å². The van der Waals surface area contributed by atoms with Gasteiger partial charge in [0.1, 0.15) is 9.71 Å². The predicted molar refractivity (Wildman–Crippen MR) is 129 cm³/mol. The fraction of sp³-hybridized carbons (Fsp3) is 0.200. The fourth-order valence-electron chi connectivity index (χ4n) is 4.23. The highest BCUT2D eigenvalue weighted by atomic mass is 35.5. The van der Waals surface area contributed by atoms with Gasteiger partial charge in [0, 0.05) is 52.3 Å². The molecule has 3 heterocycles. The molecule has 1 aliphatic heterocycles. The number of benzene rings is 2. The lowest BCUT2D eigenvalue weighted by Gasteiger charge is -2.27. The Bertz CT molecular complexity index is 1330. The first-order valence-electron chi connectivity index (χ1n) is 10.2. The number of aryl methyl sites for hydroxylation is 1. The van der Waals surface area contributed by atoms with Crippen LogP contribution in [-0.2, 0) is 13.0 Å². The molecule has 2 N–H and O–H groups in total. The number of ketones is 1. The van der Waals surface area contributed by atoms with E-state index in [0.717, 1.165) is 57.7 Å². The average molecular weight is 448 g/mol. The molecule has 0 amide bonds. The third-order valence-corrected chi connectivity index (χ3v) is 7.31. The van der Waals surface area contributed by atoms with E-state index in [2.05, 4.69) is 11.9 Å². The Morgan fingerprint density at radius 3 is 2.65 bits per heavy atom. The maximum absolute atomic E-state index is 13.3. The summed E-state index contributed by atoms with van der Waals surface area (Å²) in [6.45, 7) is 3.72. The molecule has 4 aromatic rings. The van der Waals surface area contributed by atoms with Crippen LogP contribution in [0.2, 0.25) is 5.02 Å². The lowest BCUT2D eigenvalue weighted by molar-refractivity contribution is 0.104. The van der Waals surface area contributed by atoms with E-state index >= 15 is 0 Å². The number of hydrogen-bond donors (Lipinski definition) is 1. The van der Waals surface area contributed by atoms with Gasteiger partial charge in [-0.1, -0.05) is 59.6 Å². The first kappa shape index (κ1) is 20.2. The molecule has 0 aliphatic carbocycles. The maximum atomic E-state index is 13.3. The van der Waals surface area contributed by atoms with Crippen molar-refractivity contribution in [3.63, 3.8) is 0 Å². The molecule has 0 saturated heterocycles. The molecule has 0 atom stereocenters. The van der Waals surface area contributed by atoms with Crippen LogP contribution in [0, 0.1) is 6.92 Å². The highest BCUT2D eigenvalue weighted by molar-refractivity contribution is 7.21. The van der Waals surface area contributed by atoms with Gasteiger partial charge in [-0.2, -0.15) is 0 Å². The number of pyridine rings is 1. The number of likely N-dealkylation sites (N-methyl/N-ethyl adjacent to an activating group) is 1. The van der Waals surface area contributed by atoms with E-state index in [1.165, 1.54) is 11.3 Å². The van der Waals surface area contributed by atoms with Crippen molar-refractivity contribution in [2.24, 2.45) is 0 Å². The minimum absolute atomic E-state index is 0.0688. The molecule has 5 rings (SSSR count). The number of hydrogen-bond acceptors (Lipinski definition) is 5. The number of nitrogens with two attached hydrogens (primary N) is 1. The van der Waals surface area contributed by atoms with Gasteiger partial charge >= 0.3 is 0 Å². The van der Waals surface area contributed by atoms with E-state index in [9.17, 15) is 4.79 Å². The summed E-state index contributed by atoms with van der Waals surface area (Å²) < 4.78 is 0. The third-order valence-electron chi connectivity index (χ3n) is 5.88. The Kier molecular flexibility index (Phi) is 5.05. The first-order valence-corrected chi connectivity index (χ1v) is 11.4. The van der Waals surface area contributed by atoms with Gasteiger partial charge in [-0.15, -0.1) is 11.3 Å². The quantitative estimate of drug-likeness (QED) is 0.407. The molecule has 1 aliphatic rings. The summed E-state index contributed by atoms with van der Waals surface area (Å²) in [4.78, 5) is 21.9. The Labute approximate surface area is 190 Å². The number of carbonyl (C=O) groups is 1. The lowest BCUT2D eigenvalue weighted by atomic mass is 9.92. The van der Waals surface area contributed by atoms with Crippen molar-refractivity contribution >= 4 is 44.6 Å². The topological polar surface area (TPSA) is 59.2 Å². The Morgan fingerprint density at radius 1 is 1.16 bits per heavy atom. The summed E-state index contributed by atoms with van der Waals surface area (Å²) in [7, 11) is 2.10. The Hall–Kier alpha value is -2.73. The van der Waals surface area contributed by atoms with Crippen LogP contribution in [0.5, 0.6) is 0 Å². The zero-order valence-electron chi connectivity index (χ0n) is 17.4. The number of aromatic nitrogens is 1. The third kappa shape index (κ3) is 3.43. The van der Waals surface area contributed by atoms with Crippen LogP contribution in [0.15, 0.2) is 48.5 Å². The minimum atomic E-state index is -0.0688. The molecule has 4 nitrogen and oxygen atoms in total. The number of fused-ring (bicyclic) bond motifs is 2. The van der Waals surface area contributed by atoms with Gasteiger partial charge in [0.25, 0.3) is 0 Å². The summed E-state index contributed by atoms with van der Waals surface area (Å²) in [6, 6.07) is 15.4.